The molecule has 0 fully saturated rings. The minimum atomic E-state index is -1.56. The molecule has 0 aliphatic carbocycles. The molecule has 0 atom stereocenters. The van der Waals surface area contributed by atoms with E-state index in [2.05, 4.69) is 0 Å². The molecule has 0 spiro atoms. The molecule has 0 bridgehead atoms. The zero-order valence-electron chi connectivity index (χ0n) is 12.2. The fraction of sp³-hybridized carbons (Fsp3) is 0.200. The lowest BCUT2D eigenvalue weighted by atomic mass is 9.80. The first-order valence-electron chi connectivity index (χ1n) is 6.54. The molecule has 0 radical (unpaired) electrons. The number of methoxy groups -OCH3 is 2. The maximum atomic E-state index is 9.09. The van der Waals surface area contributed by atoms with Crippen LogP contribution in [0.4, 0.5) is 0 Å². The maximum absolute atomic E-state index is 9.09. The van der Waals surface area contributed by atoms with Gasteiger partial charge in [0, 0.05) is 8.92 Å². The summed E-state index contributed by atoms with van der Waals surface area (Å²) in [7, 11) is 1.60. The average Bonchev–Trinajstić information content (AvgIpc) is 2.53. The summed E-state index contributed by atoms with van der Waals surface area (Å²) >= 11 is 6.06. The minimum Gasteiger partial charge on any atom is -0.497 e. The Balaban J connectivity index is 0.00000264. The maximum Gasteiger partial charge on any atom is 0.488 e. The molecular weight excluding hydrogens is 306 g/mol. The van der Waals surface area contributed by atoms with Crippen LogP contribution in [-0.2, 0) is 6.61 Å². The van der Waals surface area contributed by atoms with Crippen molar-refractivity contribution in [1.82, 2.24) is 0 Å². The zero-order valence-corrected chi connectivity index (χ0v) is 13.0. The van der Waals surface area contributed by atoms with Crippen molar-refractivity contribution < 1.29 is 27.1 Å². The molecule has 5 nitrogen and oxygen atoms in total. The van der Waals surface area contributed by atoms with Crippen LogP contribution in [0, 0.1) is 0 Å². The summed E-state index contributed by atoms with van der Waals surface area (Å²) in [5.74, 6) is 1.79. The number of benzene rings is 2. The molecule has 0 saturated carbocycles. The molecule has 22 heavy (non-hydrogen) atoms. The minimum absolute atomic E-state index is 0. The van der Waals surface area contributed by atoms with Crippen molar-refractivity contribution in [2.45, 2.75) is 6.61 Å². The molecule has 2 rings (SSSR count). The highest BCUT2D eigenvalue weighted by atomic mass is 35.5. The van der Waals surface area contributed by atoms with Crippen LogP contribution >= 0.6 is 11.6 Å². The van der Waals surface area contributed by atoms with Gasteiger partial charge in [-0.15, -0.1) is 0 Å². The van der Waals surface area contributed by atoms with Gasteiger partial charge in [0.25, 0.3) is 0 Å². The quantitative estimate of drug-likeness (QED) is 0.796. The number of ether oxygens (including phenoxy) is 3. The summed E-state index contributed by atoms with van der Waals surface area (Å²) in [6.45, 7) is 0.272. The van der Waals surface area contributed by atoms with Gasteiger partial charge in [0.2, 0.25) is 0 Å². The summed E-state index contributed by atoms with van der Waals surface area (Å²) in [5.41, 5.74) is 1.17. The SMILES string of the molecule is COc1cc(COc2ccc(B(O)O)cc2Cl)cc(OC)c1.[HH].[HH]. The van der Waals surface area contributed by atoms with Gasteiger partial charge in [0.05, 0.1) is 19.2 Å². The zero-order chi connectivity index (χ0) is 16.1. The summed E-state index contributed by atoms with van der Waals surface area (Å²) in [6, 6.07) is 10.0. The van der Waals surface area contributed by atoms with Crippen molar-refractivity contribution in [1.29, 1.82) is 0 Å². The van der Waals surface area contributed by atoms with Crippen LogP contribution in [0.5, 0.6) is 17.2 Å². The van der Waals surface area contributed by atoms with Crippen molar-refractivity contribution in [3.63, 3.8) is 0 Å². The highest BCUT2D eigenvalue weighted by Crippen LogP contribution is 2.26. The van der Waals surface area contributed by atoms with Crippen LogP contribution in [0.1, 0.15) is 8.42 Å². The van der Waals surface area contributed by atoms with E-state index in [1.807, 2.05) is 12.1 Å². The van der Waals surface area contributed by atoms with Gasteiger partial charge in [0.15, 0.2) is 0 Å². The van der Waals surface area contributed by atoms with Crippen LogP contribution < -0.4 is 19.7 Å². The molecule has 7 heteroatoms. The fourth-order valence-corrected chi connectivity index (χ4v) is 2.15. The molecule has 0 aliphatic heterocycles. The van der Waals surface area contributed by atoms with E-state index in [9.17, 15) is 0 Å². The van der Waals surface area contributed by atoms with E-state index in [4.69, 9.17) is 35.9 Å². The predicted molar refractivity (Wildman–Crippen MR) is 89.4 cm³/mol. The lowest BCUT2D eigenvalue weighted by molar-refractivity contribution is 0.304. The lowest BCUT2D eigenvalue weighted by Crippen LogP contribution is -2.29. The Kier molecular flexibility index (Phi) is 5.54. The highest BCUT2D eigenvalue weighted by molar-refractivity contribution is 6.59. The van der Waals surface area contributed by atoms with E-state index in [0.717, 1.165) is 5.56 Å². The second-order valence-electron chi connectivity index (χ2n) is 4.57. The summed E-state index contributed by atoms with van der Waals surface area (Å²) in [4.78, 5) is 0. The van der Waals surface area contributed by atoms with Gasteiger partial charge in [-0.3, -0.25) is 0 Å². The highest BCUT2D eigenvalue weighted by Gasteiger charge is 2.13. The average molecular weight is 327 g/mol. The van der Waals surface area contributed by atoms with Gasteiger partial charge in [0.1, 0.15) is 23.9 Å². The Morgan fingerprint density at radius 3 is 2.18 bits per heavy atom. The van der Waals surface area contributed by atoms with Crippen LogP contribution in [0.3, 0.4) is 0 Å². The van der Waals surface area contributed by atoms with E-state index in [1.54, 1.807) is 26.4 Å². The Bertz CT molecular complexity index is 636. The van der Waals surface area contributed by atoms with E-state index in [0.29, 0.717) is 27.7 Å². The molecule has 0 heterocycles. The van der Waals surface area contributed by atoms with Crippen molar-refractivity contribution in [3.8, 4) is 17.2 Å². The number of halogens is 1. The first kappa shape index (κ1) is 16.5. The first-order chi connectivity index (χ1) is 10.5. The summed E-state index contributed by atoms with van der Waals surface area (Å²) in [6.07, 6.45) is 0. The van der Waals surface area contributed by atoms with Gasteiger partial charge < -0.3 is 24.3 Å². The van der Waals surface area contributed by atoms with Crippen molar-refractivity contribution in [3.05, 3.63) is 47.0 Å². The summed E-state index contributed by atoms with van der Waals surface area (Å²) in [5, 5.41) is 18.5. The van der Waals surface area contributed by atoms with Crippen LogP contribution in [0.15, 0.2) is 36.4 Å². The van der Waals surface area contributed by atoms with Gasteiger partial charge >= 0.3 is 7.12 Å². The Morgan fingerprint density at radius 2 is 1.68 bits per heavy atom. The van der Waals surface area contributed by atoms with E-state index >= 15 is 0 Å². The Hall–Kier alpha value is -1.89. The summed E-state index contributed by atoms with van der Waals surface area (Å²) < 4.78 is 16.0. The third-order valence-electron chi connectivity index (χ3n) is 3.06. The van der Waals surface area contributed by atoms with Crippen molar-refractivity contribution in [2.24, 2.45) is 0 Å². The molecule has 0 aliphatic rings. The van der Waals surface area contributed by atoms with Crippen LogP contribution in [-0.4, -0.2) is 31.4 Å². The van der Waals surface area contributed by atoms with Crippen LogP contribution in [0.2, 0.25) is 5.02 Å². The standard InChI is InChI=1S/C15H16BClO5.2H2/c1-20-12-5-10(6-13(8-12)21-2)9-22-15-4-3-11(16(18)19)7-14(15)17;;/h3-8,18-19H,9H2,1-2H3;2*1H. The fourth-order valence-electron chi connectivity index (χ4n) is 1.91. The third-order valence-corrected chi connectivity index (χ3v) is 3.36. The topological polar surface area (TPSA) is 68.2 Å². The number of hydrogen-bond donors (Lipinski definition) is 2. The second kappa shape index (κ2) is 7.40. The van der Waals surface area contributed by atoms with E-state index < -0.39 is 7.12 Å². The monoisotopic (exact) mass is 326 g/mol. The molecule has 0 amide bonds. The third kappa shape index (κ3) is 4.07. The molecule has 0 unspecified atom stereocenters. The van der Waals surface area contributed by atoms with Crippen molar-refractivity contribution in [2.75, 3.05) is 14.2 Å². The molecule has 2 aromatic rings. The Morgan fingerprint density at radius 1 is 1.05 bits per heavy atom. The normalized spacial score (nSPS) is 10.2. The molecule has 0 aromatic heterocycles. The van der Waals surface area contributed by atoms with Gasteiger partial charge in [-0.25, -0.2) is 0 Å². The van der Waals surface area contributed by atoms with Gasteiger partial charge in [-0.2, -0.15) is 0 Å². The van der Waals surface area contributed by atoms with Gasteiger partial charge in [-0.1, -0.05) is 17.7 Å². The molecule has 2 aromatic carbocycles. The second-order valence-corrected chi connectivity index (χ2v) is 4.98. The van der Waals surface area contributed by atoms with E-state index in [1.165, 1.54) is 12.1 Å². The van der Waals surface area contributed by atoms with Crippen molar-refractivity contribution >= 4 is 24.2 Å². The number of rotatable bonds is 6. The number of hydrogen-bond acceptors (Lipinski definition) is 5. The molecule has 2 N–H and O–H groups in total. The molecule has 120 valence electrons. The van der Waals surface area contributed by atoms with Gasteiger partial charge in [-0.05, 0) is 35.3 Å². The first-order valence-corrected chi connectivity index (χ1v) is 6.91. The lowest BCUT2D eigenvalue weighted by Gasteiger charge is -2.11. The molecular formula is C15H20BClO5. The van der Waals surface area contributed by atoms with E-state index in [-0.39, 0.29) is 9.46 Å². The molecule has 0 saturated heterocycles. The van der Waals surface area contributed by atoms with Crippen LogP contribution in [0.25, 0.3) is 0 Å². The smallest absolute Gasteiger partial charge is 0.488 e. The Labute approximate surface area is 137 Å². The predicted octanol–water partition coefficient (Wildman–Crippen LogP) is 2.11. The largest absolute Gasteiger partial charge is 0.497 e.